The van der Waals surface area contributed by atoms with E-state index in [1.165, 1.54) is 11.3 Å². The standard InChI is InChI=1S/C14H23NO3S/c1-6-17-13(18-7-2)10(16)8-12-15-11(9-19-12)14(3,4)5/h9,13H,6-8H2,1-5H3. The minimum atomic E-state index is -0.767. The fraction of sp³-hybridized carbons (Fsp3) is 0.714. The van der Waals surface area contributed by atoms with Gasteiger partial charge in [-0.3, -0.25) is 4.79 Å². The minimum absolute atomic E-state index is 0.0109. The molecule has 1 rings (SSSR count). The Morgan fingerprint density at radius 1 is 1.32 bits per heavy atom. The lowest BCUT2D eigenvalue weighted by Crippen LogP contribution is -2.29. The predicted octanol–water partition coefficient (Wildman–Crippen LogP) is 2.95. The second-order valence-corrected chi connectivity index (χ2v) is 6.20. The van der Waals surface area contributed by atoms with Gasteiger partial charge in [-0.15, -0.1) is 11.3 Å². The number of nitrogens with zero attached hydrogens (tertiary/aromatic N) is 1. The average molecular weight is 285 g/mol. The number of aromatic nitrogens is 1. The molecular weight excluding hydrogens is 262 g/mol. The molecule has 4 nitrogen and oxygen atoms in total. The Morgan fingerprint density at radius 2 is 1.89 bits per heavy atom. The summed E-state index contributed by atoms with van der Waals surface area (Å²) in [7, 11) is 0. The van der Waals surface area contributed by atoms with Gasteiger partial charge < -0.3 is 9.47 Å². The second-order valence-electron chi connectivity index (χ2n) is 5.26. The molecule has 0 N–H and O–H groups in total. The number of carbonyl (C=O) groups is 1. The van der Waals surface area contributed by atoms with Crippen LogP contribution in [0.4, 0.5) is 0 Å². The number of carbonyl (C=O) groups excluding carboxylic acids is 1. The van der Waals surface area contributed by atoms with Crippen molar-refractivity contribution >= 4 is 17.1 Å². The second kappa shape index (κ2) is 7.12. The van der Waals surface area contributed by atoms with Crippen molar-refractivity contribution in [2.45, 2.75) is 52.7 Å². The number of ketones is 1. The van der Waals surface area contributed by atoms with Crippen LogP contribution < -0.4 is 0 Å². The first-order chi connectivity index (χ1) is 8.88. The van der Waals surface area contributed by atoms with Gasteiger partial charge in [-0.05, 0) is 13.8 Å². The molecule has 0 saturated heterocycles. The Morgan fingerprint density at radius 3 is 2.32 bits per heavy atom. The van der Waals surface area contributed by atoms with E-state index < -0.39 is 6.29 Å². The van der Waals surface area contributed by atoms with Crippen LogP contribution in [0.25, 0.3) is 0 Å². The molecule has 1 aromatic heterocycles. The zero-order valence-corrected chi connectivity index (χ0v) is 13.2. The summed E-state index contributed by atoms with van der Waals surface area (Å²) < 4.78 is 10.6. The molecule has 0 atom stereocenters. The van der Waals surface area contributed by atoms with Crippen molar-refractivity contribution in [1.29, 1.82) is 0 Å². The van der Waals surface area contributed by atoms with E-state index in [4.69, 9.17) is 9.47 Å². The molecule has 0 bridgehead atoms. The number of ether oxygens (including phenoxy) is 2. The number of hydrogen-bond acceptors (Lipinski definition) is 5. The Labute approximate surface area is 119 Å². The van der Waals surface area contributed by atoms with Gasteiger partial charge in [0.2, 0.25) is 6.29 Å². The third-order valence-corrected chi connectivity index (χ3v) is 3.39. The lowest BCUT2D eigenvalue weighted by molar-refractivity contribution is -0.167. The number of thiazole rings is 1. The van der Waals surface area contributed by atoms with Gasteiger partial charge in [0.15, 0.2) is 5.78 Å². The van der Waals surface area contributed by atoms with Crippen LogP contribution in [-0.4, -0.2) is 30.3 Å². The first kappa shape index (κ1) is 16.3. The van der Waals surface area contributed by atoms with E-state index in [1.54, 1.807) is 0 Å². The summed E-state index contributed by atoms with van der Waals surface area (Å²) in [6.07, 6.45) is -0.497. The molecule has 1 heterocycles. The van der Waals surface area contributed by atoms with Crippen molar-refractivity contribution in [2.75, 3.05) is 13.2 Å². The molecule has 5 heteroatoms. The third-order valence-electron chi connectivity index (χ3n) is 2.54. The maximum absolute atomic E-state index is 12.1. The van der Waals surface area contributed by atoms with Crippen molar-refractivity contribution in [3.05, 3.63) is 16.1 Å². The molecule has 108 valence electrons. The number of Topliss-reactive ketones (excluding diaryl/α,β-unsaturated/α-hetero) is 1. The topological polar surface area (TPSA) is 48.4 Å². The SMILES string of the molecule is CCOC(OCC)C(=O)Cc1nc(C(C)(C)C)cs1. The van der Waals surface area contributed by atoms with Gasteiger partial charge in [-0.1, -0.05) is 20.8 Å². The van der Waals surface area contributed by atoms with Gasteiger partial charge in [0.25, 0.3) is 0 Å². The molecule has 0 aliphatic rings. The summed E-state index contributed by atoms with van der Waals surface area (Å²) in [4.78, 5) is 16.6. The molecule has 19 heavy (non-hydrogen) atoms. The highest BCUT2D eigenvalue weighted by Crippen LogP contribution is 2.24. The molecular formula is C14H23NO3S. The lowest BCUT2D eigenvalue weighted by atomic mass is 9.93. The first-order valence-corrected chi connectivity index (χ1v) is 7.47. The number of hydrogen-bond donors (Lipinski definition) is 0. The van der Waals surface area contributed by atoms with Gasteiger partial charge in [0.05, 0.1) is 12.1 Å². The normalized spacial score (nSPS) is 12.1. The average Bonchev–Trinajstić information content (AvgIpc) is 2.77. The molecule has 0 fully saturated rings. The largest absolute Gasteiger partial charge is 0.346 e. The van der Waals surface area contributed by atoms with Crippen molar-refractivity contribution < 1.29 is 14.3 Å². The highest BCUT2D eigenvalue weighted by Gasteiger charge is 2.22. The highest BCUT2D eigenvalue weighted by molar-refractivity contribution is 7.09. The minimum Gasteiger partial charge on any atom is -0.346 e. The molecule has 0 unspecified atom stereocenters. The van der Waals surface area contributed by atoms with Crippen LogP contribution in [0.5, 0.6) is 0 Å². The molecule has 0 amide bonds. The van der Waals surface area contributed by atoms with Crippen LogP contribution in [0.2, 0.25) is 0 Å². The molecule has 0 aliphatic carbocycles. The van der Waals surface area contributed by atoms with E-state index in [0.717, 1.165) is 10.7 Å². The summed E-state index contributed by atoms with van der Waals surface area (Å²) in [5.74, 6) is -0.0708. The zero-order chi connectivity index (χ0) is 14.5. The maximum atomic E-state index is 12.1. The van der Waals surface area contributed by atoms with Crippen molar-refractivity contribution in [3.8, 4) is 0 Å². The van der Waals surface area contributed by atoms with Gasteiger partial charge in [0, 0.05) is 24.0 Å². The van der Waals surface area contributed by atoms with E-state index in [2.05, 4.69) is 25.8 Å². The lowest BCUT2D eigenvalue weighted by Gasteiger charge is -2.15. The Balaban J connectivity index is 2.67. The van der Waals surface area contributed by atoms with Crippen LogP contribution in [0.1, 0.15) is 45.3 Å². The molecule has 1 aromatic rings. The molecule has 0 aliphatic heterocycles. The van der Waals surface area contributed by atoms with Crippen LogP contribution in [0, 0.1) is 0 Å². The van der Waals surface area contributed by atoms with Gasteiger partial charge in [-0.25, -0.2) is 4.98 Å². The van der Waals surface area contributed by atoms with E-state index in [9.17, 15) is 4.79 Å². The van der Waals surface area contributed by atoms with E-state index in [0.29, 0.717) is 13.2 Å². The van der Waals surface area contributed by atoms with Crippen LogP contribution in [0.3, 0.4) is 0 Å². The third kappa shape index (κ3) is 5.01. The molecule has 0 aromatic carbocycles. The van der Waals surface area contributed by atoms with E-state index >= 15 is 0 Å². The quantitative estimate of drug-likeness (QED) is 0.723. The Kier molecular flexibility index (Phi) is 6.10. The van der Waals surface area contributed by atoms with Crippen LogP contribution in [0.15, 0.2) is 5.38 Å². The fourth-order valence-corrected chi connectivity index (χ4v) is 2.54. The molecule has 0 saturated carbocycles. The van der Waals surface area contributed by atoms with Crippen molar-refractivity contribution in [1.82, 2.24) is 4.98 Å². The van der Waals surface area contributed by atoms with Crippen LogP contribution >= 0.6 is 11.3 Å². The van der Waals surface area contributed by atoms with Gasteiger partial charge in [-0.2, -0.15) is 0 Å². The van der Waals surface area contributed by atoms with Crippen molar-refractivity contribution in [2.24, 2.45) is 0 Å². The highest BCUT2D eigenvalue weighted by atomic mass is 32.1. The smallest absolute Gasteiger partial charge is 0.218 e. The first-order valence-electron chi connectivity index (χ1n) is 6.59. The summed E-state index contributed by atoms with van der Waals surface area (Å²) in [5.41, 5.74) is 1.03. The summed E-state index contributed by atoms with van der Waals surface area (Å²) in [6.45, 7) is 10.9. The Bertz CT molecular complexity index is 403. The van der Waals surface area contributed by atoms with Gasteiger partial charge in [0.1, 0.15) is 5.01 Å². The maximum Gasteiger partial charge on any atom is 0.218 e. The zero-order valence-electron chi connectivity index (χ0n) is 12.4. The summed E-state index contributed by atoms with van der Waals surface area (Å²) >= 11 is 1.52. The fourth-order valence-electron chi connectivity index (χ4n) is 1.51. The number of rotatable bonds is 7. The molecule has 0 spiro atoms. The van der Waals surface area contributed by atoms with Crippen molar-refractivity contribution in [3.63, 3.8) is 0 Å². The van der Waals surface area contributed by atoms with Crippen LogP contribution in [-0.2, 0) is 26.1 Å². The molecule has 0 radical (unpaired) electrons. The summed E-state index contributed by atoms with van der Waals surface area (Å²) in [5, 5.41) is 2.83. The van der Waals surface area contributed by atoms with E-state index in [1.807, 2.05) is 19.2 Å². The van der Waals surface area contributed by atoms with Gasteiger partial charge >= 0.3 is 0 Å². The Hall–Kier alpha value is -0.780. The summed E-state index contributed by atoms with van der Waals surface area (Å²) in [6, 6.07) is 0. The van der Waals surface area contributed by atoms with E-state index in [-0.39, 0.29) is 17.6 Å². The predicted molar refractivity (Wildman–Crippen MR) is 76.6 cm³/mol. The monoisotopic (exact) mass is 285 g/mol.